The molecule has 0 saturated heterocycles. The molecule has 0 saturated carbocycles. The normalized spacial score (nSPS) is 11.7. The van der Waals surface area contributed by atoms with E-state index >= 15 is 0 Å². The third-order valence-electron chi connectivity index (χ3n) is 4.72. The second kappa shape index (κ2) is 15.3. The van der Waals surface area contributed by atoms with Gasteiger partial charge in [0.15, 0.2) is 6.54 Å². The highest BCUT2D eigenvalue weighted by atomic mass is 16.4. The fourth-order valence-electron chi connectivity index (χ4n) is 3.29. The second-order valence-corrected chi connectivity index (χ2v) is 7.59. The molecule has 0 amide bonds. The zero-order valence-electron chi connectivity index (χ0n) is 18.4. The first-order valence-electron chi connectivity index (χ1n) is 10.0. The van der Waals surface area contributed by atoms with Gasteiger partial charge >= 0.3 is 35.8 Å². The van der Waals surface area contributed by atoms with Crippen molar-refractivity contribution in [1.29, 1.82) is 0 Å². The first kappa shape index (κ1) is 30.4. The molecule has 0 aromatic carbocycles. The van der Waals surface area contributed by atoms with E-state index < -0.39 is 68.5 Å². The van der Waals surface area contributed by atoms with E-state index in [2.05, 4.69) is 0 Å². The fraction of sp³-hybridized carbons (Fsp3) is 0.579. The van der Waals surface area contributed by atoms with Crippen LogP contribution in [0.3, 0.4) is 0 Å². The number of carbonyl (C=O) groups is 6. The van der Waals surface area contributed by atoms with Crippen LogP contribution in [0.4, 0.5) is 0 Å². The largest absolute Gasteiger partial charge is 0.480 e. The lowest BCUT2D eigenvalue weighted by Crippen LogP contribution is -2.58. The standard InChI is InChI=1S/C19H29N3O12/c23-14(24)3-1-2-6-22(13-19(33)34,7-4-20(9-15(25)26)10-16(27)28)8-5-21(11-17(29)30)12-18(31)32/h1,3H,2,4-13H2,(H5-,23,24,25,26,27,28,29,30,31,32,33,34)/p+1. The minimum atomic E-state index is -1.30. The Labute approximate surface area is 194 Å². The smallest absolute Gasteiger partial charge is 0.359 e. The van der Waals surface area contributed by atoms with E-state index in [0.29, 0.717) is 0 Å². The van der Waals surface area contributed by atoms with Crippen molar-refractivity contribution in [3.63, 3.8) is 0 Å². The van der Waals surface area contributed by atoms with Gasteiger partial charge in [-0.3, -0.25) is 29.0 Å². The minimum Gasteiger partial charge on any atom is -0.480 e. The Morgan fingerprint density at radius 1 is 0.588 bits per heavy atom. The Hall–Kier alpha value is -3.56. The van der Waals surface area contributed by atoms with Crippen LogP contribution in [0, 0.1) is 0 Å². The van der Waals surface area contributed by atoms with E-state index in [0.717, 1.165) is 15.9 Å². The van der Waals surface area contributed by atoms with Gasteiger partial charge in [-0.15, -0.1) is 0 Å². The SMILES string of the molecule is O=C(O)C=CCC[N+](CCN(CC(=O)O)CC(=O)O)(CCN(CC(=O)O)CC(=O)O)CC(=O)O. The van der Waals surface area contributed by atoms with Gasteiger partial charge in [-0.1, -0.05) is 6.08 Å². The Balaban J connectivity index is 5.84. The Kier molecular flexibility index (Phi) is 13.7. The summed E-state index contributed by atoms with van der Waals surface area (Å²) in [4.78, 5) is 68.8. The van der Waals surface area contributed by atoms with Crippen molar-refractivity contribution in [3.05, 3.63) is 12.2 Å². The lowest BCUT2D eigenvalue weighted by atomic mass is 10.2. The molecule has 6 N–H and O–H groups in total. The van der Waals surface area contributed by atoms with Gasteiger partial charge < -0.3 is 35.1 Å². The van der Waals surface area contributed by atoms with Crippen LogP contribution >= 0.6 is 0 Å². The monoisotopic (exact) mass is 492 g/mol. The second-order valence-electron chi connectivity index (χ2n) is 7.59. The molecule has 0 aliphatic rings. The molecular weight excluding hydrogens is 462 g/mol. The molecule has 0 atom stereocenters. The molecule has 0 aromatic rings. The summed E-state index contributed by atoms with van der Waals surface area (Å²) in [5.74, 6) is -7.66. The van der Waals surface area contributed by atoms with Gasteiger partial charge in [0.25, 0.3) is 0 Å². The summed E-state index contributed by atoms with van der Waals surface area (Å²) < 4.78 is -0.301. The van der Waals surface area contributed by atoms with Crippen LogP contribution in [0.25, 0.3) is 0 Å². The maximum atomic E-state index is 11.6. The van der Waals surface area contributed by atoms with E-state index in [-0.39, 0.29) is 43.6 Å². The highest BCUT2D eigenvalue weighted by molar-refractivity contribution is 5.79. The lowest BCUT2D eigenvalue weighted by molar-refractivity contribution is -0.920. The summed E-state index contributed by atoms with van der Waals surface area (Å²) in [6.07, 6.45) is 2.24. The summed E-state index contributed by atoms with van der Waals surface area (Å²) >= 11 is 0. The van der Waals surface area contributed by atoms with Crippen LogP contribution in [0.5, 0.6) is 0 Å². The molecular formula is C19H30N3O12+. The quantitative estimate of drug-likeness (QED) is 0.0787. The molecule has 0 bridgehead atoms. The van der Waals surface area contributed by atoms with E-state index in [4.69, 9.17) is 25.5 Å². The summed E-state index contributed by atoms with van der Waals surface area (Å²) in [5.41, 5.74) is 0. The van der Waals surface area contributed by atoms with Crippen LogP contribution < -0.4 is 0 Å². The zero-order valence-corrected chi connectivity index (χ0v) is 18.4. The molecule has 0 rings (SSSR count). The molecule has 0 aliphatic carbocycles. The number of carboxylic acid groups (broad SMARTS) is 6. The summed E-state index contributed by atoms with van der Waals surface area (Å²) in [5, 5.41) is 54.3. The average molecular weight is 492 g/mol. The van der Waals surface area contributed by atoms with E-state index in [1.165, 1.54) is 6.08 Å². The van der Waals surface area contributed by atoms with Crippen molar-refractivity contribution in [2.45, 2.75) is 6.42 Å². The molecule has 0 aromatic heterocycles. The van der Waals surface area contributed by atoms with Gasteiger partial charge in [0.2, 0.25) is 0 Å². The number of quaternary nitrogens is 1. The van der Waals surface area contributed by atoms with Gasteiger partial charge in [0.05, 0.1) is 45.8 Å². The first-order chi connectivity index (χ1) is 15.7. The zero-order chi connectivity index (χ0) is 26.3. The third kappa shape index (κ3) is 15.3. The maximum Gasteiger partial charge on any atom is 0.359 e. The van der Waals surface area contributed by atoms with Crippen LogP contribution in [-0.2, 0) is 28.8 Å². The minimum absolute atomic E-state index is 0.0397. The maximum absolute atomic E-state index is 11.6. The predicted octanol–water partition coefficient (Wildman–Crippen LogP) is -2.14. The highest BCUT2D eigenvalue weighted by Crippen LogP contribution is 2.12. The predicted molar refractivity (Wildman–Crippen MR) is 112 cm³/mol. The Bertz CT molecular complexity index is 710. The summed E-state index contributed by atoms with van der Waals surface area (Å²) in [6, 6.07) is 0. The van der Waals surface area contributed by atoms with Crippen molar-refractivity contribution in [2.75, 3.05) is 65.4 Å². The number of hydrogen-bond donors (Lipinski definition) is 6. The number of rotatable bonds is 20. The lowest BCUT2D eigenvalue weighted by Gasteiger charge is -2.39. The van der Waals surface area contributed by atoms with Gasteiger partial charge in [-0.05, 0) is 0 Å². The van der Waals surface area contributed by atoms with Crippen molar-refractivity contribution < 1.29 is 63.9 Å². The van der Waals surface area contributed by atoms with Crippen molar-refractivity contribution >= 4 is 35.8 Å². The molecule has 34 heavy (non-hydrogen) atoms. The van der Waals surface area contributed by atoms with E-state index in [1.807, 2.05) is 0 Å². The molecule has 0 fully saturated rings. The van der Waals surface area contributed by atoms with Crippen LogP contribution in [0.2, 0.25) is 0 Å². The van der Waals surface area contributed by atoms with Crippen molar-refractivity contribution in [1.82, 2.24) is 9.80 Å². The molecule has 0 unspecified atom stereocenters. The van der Waals surface area contributed by atoms with Crippen molar-refractivity contribution in [3.8, 4) is 0 Å². The van der Waals surface area contributed by atoms with Crippen LogP contribution in [0.1, 0.15) is 6.42 Å². The van der Waals surface area contributed by atoms with Gasteiger partial charge in [-0.2, -0.15) is 0 Å². The van der Waals surface area contributed by atoms with E-state index in [1.54, 1.807) is 0 Å². The fourth-order valence-corrected chi connectivity index (χ4v) is 3.29. The number of aliphatic carboxylic acids is 6. The number of carboxylic acids is 6. The highest BCUT2D eigenvalue weighted by Gasteiger charge is 2.32. The summed E-state index contributed by atoms with van der Waals surface area (Å²) in [6.45, 7) is -3.40. The third-order valence-corrected chi connectivity index (χ3v) is 4.72. The van der Waals surface area contributed by atoms with Crippen LogP contribution in [-0.4, -0.2) is 146 Å². The molecule has 0 heterocycles. The molecule has 192 valence electrons. The number of nitrogens with zero attached hydrogens (tertiary/aromatic N) is 3. The van der Waals surface area contributed by atoms with E-state index in [9.17, 15) is 33.9 Å². The molecule has 15 nitrogen and oxygen atoms in total. The average Bonchev–Trinajstić information content (AvgIpc) is 2.65. The van der Waals surface area contributed by atoms with Gasteiger partial charge in [0.1, 0.15) is 0 Å². The molecule has 15 heteroatoms. The first-order valence-corrected chi connectivity index (χ1v) is 10.0. The Morgan fingerprint density at radius 2 is 0.971 bits per heavy atom. The topological polar surface area (TPSA) is 230 Å². The van der Waals surface area contributed by atoms with Gasteiger partial charge in [0, 0.05) is 25.6 Å². The van der Waals surface area contributed by atoms with Gasteiger partial charge in [-0.25, -0.2) is 9.59 Å². The molecule has 0 radical (unpaired) electrons. The molecule has 0 aliphatic heterocycles. The summed E-state index contributed by atoms with van der Waals surface area (Å²) in [7, 11) is 0. The Morgan fingerprint density at radius 3 is 1.26 bits per heavy atom. The van der Waals surface area contributed by atoms with Crippen LogP contribution in [0.15, 0.2) is 12.2 Å². The number of hydrogen-bond acceptors (Lipinski definition) is 8. The molecule has 0 spiro atoms. The van der Waals surface area contributed by atoms with Crippen molar-refractivity contribution in [2.24, 2.45) is 0 Å².